The summed E-state index contributed by atoms with van der Waals surface area (Å²) in [6, 6.07) is 11.1. The van der Waals surface area contributed by atoms with Crippen LogP contribution in [0, 0.1) is 11.8 Å². The van der Waals surface area contributed by atoms with Crippen LogP contribution in [0.5, 0.6) is 0 Å². The summed E-state index contributed by atoms with van der Waals surface area (Å²) >= 11 is 0. The van der Waals surface area contributed by atoms with Gasteiger partial charge in [-0.05, 0) is 74.7 Å². The first-order chi connectivity index (χ1) is 11.9. The van der Waals surface area contributed by atoms with Crippen molar-refractivity contribution in [2.24, 2.45) is 11.8 Å². The summed E-state index contributed by atoms with van der Waals surface area (Å²) in [6.07, 6.45) is 19.5. The lowest BCUT2D eigenvalue weighted by atomic mass is 9.89. The maximum Gasteiger partial charge on any atom is 0.0491 e. The number of aromatic nitrogens is 1. The summed E-state index contributed by atoms with van der Waals surface area (Å²) in [5.74, 6) is 1.34. The fraction of sp³-hybridized carbons (Fsp3) is 0.435. The van der Waals surface area contributed by atoms with Gasteiger partial charge in [0, 0.05) is 16.8 Å². The highest BCUT2D eigenvalue weighted by Gasteiger charge is 2.15. The van der Waals surface area contributed by atoms with Crippen molar-refractivity contribution in [1.29, 1.82) is 0 Å². The molecular weight excluding hydrogens is 290 g/mol. The minimum atomic E-state index is 0.666. The Kier molecular flexibility index (Phi) is 4.78. The first-order valence-electron chi connectivity index (χ1n) is 9.59. The van der Waals surface area contributed by atoms with Crippen molar-refractivity contribution in [3.05, 3.63) is 66.0 Å². The van der Waals surface area contributed by atoms with Crippen LogP contribution in [0.25, 0.3) is 10.8 Å². The highest BCUT2D eigenvalue weighted by atomic mass is 14.7. The average Bonchev–Trinajstić information content (AvgIpc) is 2.63. The van der Waals surface area contributed by atoms with Crippen LogP contribution in [0.1, 0.15) is 49.9 Å². The molecule has 2 atom stereocenters. The molecule has 1 heteroatoms. The summed E-state index contributed by atoms with van der Waals surface area (Å²) in [6.45, 7) is 0. The first-order valence-corrected chi connectivity index (χ1v) is 9.59. The smallest absolute Gasteiger partial charge is 0.0491 e. The molecule has 4 rings (SSSR count). The van der Waals surface area contributed by atoms with E-state index in [1.54, 1.807) is 0 Å². The molecule has 0 amide bonds. The van der Waals surface area contributed by atoms with Gasteiger partial charge in [-0.1, -0.05) is 48.6 Å². The van der Waals surface area contributed by atoms with Gasteiger partial charge < -0.3 is 0 Å². The Morgan fingerprint density at radius 2 is 1.58 bits per heavy atom. The van der Waals surface area contributed by atoms with E-state index in [2.05, 4.69) is 54.6 Å². The number of hydrogen-bond acceptors (Lipinski definition) is 1. The molecule has 0 fully saturated rings. The summed E-state index contributed by atoms with van der Waals surface area (Å²) in [5.41, 5.74) is 2.58. The molecule has 2 aliphatic carbocycles. The van der Waals surface area contributed by atoms with Crippen molar-refractivity contribution in [2.45, 2.75) is 51.4 Å². The average molecular weight is 317 g/mol. The van der Waals surface area contributed by atoms with Gasteiger partial charge in [0.15, 0.2) is 0 Å². The quantitative estimate of drug-likeness (QED) is 0.627. The first kappa shape index (κ1) is 15.6. The highest BCUT2D eigenvalue weighted by Crippen LogP contribution is 2.27. The van der Waals surface area contributed by atoms with Crippen molar-refractivity contribution in [3.8, 4) is 0 Å². The van der Waals surface area contributed by atoms with Gasteiger partial charge in [-0.2, -0.15) is 0 Å². The maximum absolute atomic E-state index is 5.12. The van der Waals surface area contributed by atoms with Gasteiger partial charge in [0.1, 0.15) is 0 Å². The minimum Gasteiger partial charge on any atom is -0.257 e. The molecule has 0 spiro atoms. The third-order valence-electron chi connectivity index (χ3n) is 5.51. The molecule has 0 saturated carbocycles. The molecule has 0 aliphatic heterocycles. The second-order valence-electron chi connectivity index (χ2n) is 7.43. The summed E-state index contributed by atoms with van der Waals surface area (Å²) < 4.78 is 0. The van der Waals surface area contributed by atoms with Crippen LogP contribution in [0.4, 0.5) is 0 Å². The standard InChI is InChI=1S/C23H27N/c1-3-9-18(10-4-1)15-21-17-20-13-7-8-14-22(20)23(24-21)16-19-11-5-2-6-12-19/h3,5,7-9,11,13-14,17-19H,1-2,4,6,10,12,15-16H2. The Balaban J connectivity index is 1.64. The zero-order chi connectivity index (χ0) is 16.2. The molecular formula is C23H27N. The molecule has 1 aromatic heterocycles. The van der Waals surface area contributed by atoms with E-state index < -0.39 is 0 Å². The van der Waals surface area contributed by atoms with Gasteiger partial charge >= 0.3 is 0 Å². The van der Waals surface area contributed by atoms with Crippen LogP contribution in [-0.4, -0.2) is 4.98 Å². The third-order valence-corrected chi connectivity index (χ3v) is 5.51. The van der Waals surface area contributed by atoms with Crippen molar-refractivity contribution >= 4 is 10.8 Å². The predicted molar refractivity (Wildman–Crippen MR) is 102 cm³/mol. The second kappa shape index (κ2) is 7.34. The van der Waals surface area contributed by atoms with E-state index in [1.165, 1.54) is 60.7 Å². The Hall–Kier alpha value is -1.89. The van der Waals surface area contributed by atoms with E-state index in [1.807, 2.05) is 0 Å². The molecule has 2 unspecified atom stereocenters. The van der Waals surface area contributed by atoms with E-state index in [9.17, 15) is 0 Å². The van der Waals surface area contributed by atoms with Gasteiger partial charge in [0.2, 0.25) is 0 Å². The normalized spacial score (nSPS) is 23.7. The van der Waals surface area contributed by atoms with Crippen molar-refractivity contribution in [2.75, 3.05) is 0 Å². The van der Waals surface area contributed by atoms with Crippen LogP contribution in [0.2, 0.25) is 0 Å². The Bertz CT molecular complexity index is 756. The molecule has 0 saturated heterocycles. The fourth-order valence-electron chi connectivity index (χ4n) is 4.21. The molecule has 1 heterocycles. The minimum absolute atomic E-state index is 0.666. The Labute approximate surface area is 145 Å². The Morgan fingerprint density at radius 3 is 2.29 bits per heavy atom. The van der Waals surface area contributed by atoms with E-state index in [0.717, 1.165) is 12.8 Å². The number of nitrogens with zero attached hydrogens (tertiary/aromatic N) is 1. The Morgan fingerprint density at radius 1 is 0.875 bits per heavy atom. The molecule has 0 radical (unpaired) electrons. The number of rotatable bonds is 4. The molecule has 1 nitrogen and oxygen atoms in total. The molecule has 124 valence electrons. The molecule has 24 heavy (non-hydrogen) atoms. The van der Waals surface area contributed by atoms with Gasteiger partial charge in [-0.25, -0.2) is 0 Å². The lowest BCUT2D eigenvalue weighted by Gasteiger charge is -2.19. The largest absolute Gasteiger partial charge is 0.257 e. The lowest BCUT2D eigenvalue weighted by molar-refractivity contribution is 0.523. The van der Waals surface area contributed by atoms with E-state index in [0.29, 0.717) is 11.8 Å². The zero-order valence-electron chi connectivity index (χ0n) is 14.5. The molecule has 2 aromatic rings. The van der Waals surface area contributed by atoms with E-state index in [4.69, 9.17) is 4.98 Å². The number of hydrogen-bond donors (Lipinski definition) is 0. The van der Waals surface area contributed by atoms with E-state index >= 15 is 0 Å². The SMILES string of the molecule is C1=CC(Cc2cc3ccccc3c(CC3C=CCCC3)n2)CCC1. The molecule has 1 aromatic carbocycles. The number of allylic oxidation sites excluding steroid dienone is 4. The van der Waals surface area contributed by atoms with Crippen LogP contribution in [-0.2, 0) is 12.8 Å². The number of pyridine rings is 1. The summed E-state index contributed by atoms with van der Waals surface area (Å²) in [7, 11) is 0. The fourth-order valence-corrected chi connectivity index (χ4v) is 4.21. The zero-order valence-corrected chi connectivity index (χ0v) is 14.5. The van der Waals surface area contributed by atoms with Crippen molar-refractivity contribution < 1.29 is 0 Å². The highest BCUT2D eigenvalue weighted by molar-refractivity contribution is 5.85. The van der Waals surface area contributed by atoms with Crippen LogP contribution < -0.4 is 0 Å². The topological polar surface area (TPSA) is 12.9 Å². The van der Waals surface area contributed by atoms with Crippen LogP contribution >= 0.6 is 0 Å². The van der Waals surface area contributed by atoms with Gasteiger partial charge in [0.25, 0.3) is 0 Å². The van der Waals surface area contributed by atoms with Crippen molar-refractivity contribution in [3.63, 3.8) is 0 Å². The predicted octanol–water partition coefficient (Wildman–Crippen LogP) is 6.03. The lowest BCUT2D eigenvalue weighted by Crippen LogP contribution is -2.10. The monoisotopic (exact) mass is 317 g/mol. The van der Waals surface area contributed by atoms with Gasteiger partial charge in [0.05, 0.1) is 0 Å². The van der Waals surface area contributed by atoms with Crippen LogP contribution in [0.15, 0.2) is 54.6 Å². The van der Waals surface area contributed by atoms with E-state index in [-0.39, 0.29) is 0 Å². The summed E-state index contributed by atoms with van der Waals surface area (Å²) in [5, 5.41) is 2.71. The molecule has 0 bridgehead atoms. The van der Waals surface area contributed by atoms with Gasteiger partial charge in [-0.15, -0.1) is 0 Å². The van der Waals surface area contributed by atoms with Crippen molar-refractivity contribution in [1.82, 2.24) is 4.98 Å². The second-order valence-corrected chi connectivity index (χ2v) is 7.43. The molecule has 0 N–H and O–H groups in total. The van der Waals surface area contributed by atoms with Gasteiger partial charge in [-0.3, -0.25) is 4.98 Å². The number of benzene rings is 1. The van der Waals surface area contributed by atoms with Crippen LogP contribution in [0.3, 0.4) is 0 Å². The maximum atomic E-state index is 5.12. The molecule has 2 aliphatic rings. The summed E-state index contributed by atoms with van der Waals surface area (Å²) in [4.78, 5) is 5.12. The third kappa shape index (κ3) is 3.61. The number of fused-ring (bicyclic) bond motifs is 1.